The summed E-state index contributed by atoms with van der Waals surface area (Å²) in [5.74, 6) is 1.79. The van der Waals surface area contributed by atoms with E-state index in [0.717, 1.165) is 72.0 Å². The summed E-state index contributed by atoms with van der Waals surface area (Å²) in [7, 11) is 1.68. The van der Waals surface area contributed by atoms with Crippen LogP contribution in [-0.4, -0.2) is 62.4 Å². The van der Waals surface area contributed by atoms with E-state index in [0.29, 0.717) is 6.54 Å². The Hall–Kier alpha value is -2.33. The zero-order valence-corrected chi connectivity index (χ0v) is 19.7. The number of hydrogen-bond acceptors (Lipinski definition) is 7. The Labute approximate surface area is 192 Å². The number of aryl methyl sites for hydroxylation is 1. The molecule has 1 aliphatic rings. The number of allylic oxidation sites excluding steroid dienone is 1. The number of ether oxygens (including phenoxy) is 1. The summed E-state index contributed by atoms with van der Waals surface area (Å²) >= 11 is 7.27. The molecule has 164 valence electrons. The van der Waals surface area contributed by atoms with Gasteiger partial charge in [-0.05, 0) is 43.4 Å². The first kappa shape index (κ1) is 21.9. The van der Waals surface area contributed by atoms with Gasteiger partial charge in [0.15, 0.2) is 4.77 Å². The summed E-state index contributed by atoms with van der Waals surface area (Å²) in [4.78, 5) is 9.71. The van der Waals surface area contributed by atoms with Crippen LogP contribution >= 0.6 is 23.6 Å². The van der Waals surface area contributed by atoms with E-state index in [1.165, 1.54) is 0 Å². The summed E-state index contributed by atoms with van der Waals surface area (Å²) < 4.78 is 9.93. The first-order chi connectivity index (χ1) is 15.1. The van der Waals surface area contributed by atoms with E-state index < -0.39 is 0 Å². The fraction of sp³-hybridized carbons (Fsp3) is 0.409. The number of hydrogen-bond donors (Lipinski definition) is 0. The second kappa shape index (κ2) is 9.86. The van der Waals surface area contributed by atoms with Gasteiger partial charge in [0.05, 0.1) is 19.5 Å². The summed E-state index contributed by atoms with van der Waals surface area (Å²) in [6.45, 7) is 12.1. The Morgan fingerprint density at radius 3 is 2.55 bits per heavy atom. The van der Waals surface area contributed by atoms with Crippen molar-refractivity contribution in [3.05, 3.63) is 58.6 Å². The molecular formula is C22H28N6OS2. The van der Waals surface area contributed by atoms with E-state index in [1.54, 1.807) is 18.4 Å². The summed E-state index contributed by atoms with van der Waals surface area (Å²) in [5.41, 5.74) is 2.26. The lowest BCUT2D eigenvalue weighted by Gasteiger charge is -2.34. The number of piperazine rings is 1. The van der Waals surface area contributed by atoms with E-state index >= 15 is 0 Å². The van der Waals surface area contributed by atoms with Crippen LogP contribution < -0.4 is 4.74 Å². The molecule has 2 aromatic heterocycles. The molecule has 3 heterocycles. The summed E-state index contributed by atoms with van der Waals surface area (Å²) in [6, 6.07) is 8.07. The van der Waals surface area contributed by atoms with Crippen molar-refractivity contribution in [1.82, 2.24) is 29.1 Å². The molecule has 0 N–H and O–H groups in total. The first-order valence-electron chi connectivity index (χ1n) is 10.4. The first-order valence-corrected chi connectivity index (χ1v) is 11.6. The Morgan fingerprint density at radius 1 is 1.16 bits per heavy atom. The Bertz CT molecular complexity index is 1080. The molecule has 0 spiro atoms. The van der Waals surface area contributed by atoms with Gasteiger partial charge in [-0.1, -0.05) is 6.08 Å². The normalized spacial score (nSPS) is 15.3. The quantitative estimate of drug-likeness (QED) is 0.379. The van der Waals surface area contributed by atoms with Gasteiger partial charge in [-0.15, -0.1) is 17.9 Å². The predicted molar refractivity (Wildman–Crippen MR) is 127 cm³/mol. The van der Waals surface area contributed by atoms with Gasteiger partial charge in [0.25, 0.3) is 0 Å². The molecule has 4 rings (SSSR count). The topological polar surface area (TPSA) is 51.4 Å². The molecule has 1 saturated heterocycles. The van der Waals surface area contributed by atoms with Crippen molar-refractivity contribution in [2.24, 2.45) is 0 Å². The van der Waals surface area contributed by atoms with Crippen LogP contribution in [0.3, 0.4) is 0 Å². The number of benzene rings is 1. The Kier molecular flexibility index (Phi) is 6.96. The smallest absolute Gasteiger partial charge is 0.199 e. The maximum Gasteiger partial charge on any atom is 0.199 e. The molecule has 31 heavy (non-hydrogen) atoms. The average Bonchev–Trinajstić information content (AvgIpc) is 3.35. The van der Waals surface area contributed by atoms with E-state index in [4.69, 9.17) is 21.9 Å². The van der Waals surface area contributed by atoms with Crippen molar-refractivity contribution < 1.29 is 4.74 Å². The number of methoxy groups -OCH3 is 1. The molecule has 1 aromatic carbocycles. The van der Waals surface area contributed by atoms with Gasteiger partial charge in [-0.2, -0.15) is 5.10 Å². The number of thiazole rings is 1. The van der Waals surface area contributed by atoms with Gasteiger partial charge in [-0.3, -0.25) is 9.80 Å². The zero-order chi connectivity index (χ0) is 21.8. The highest BCUT2D eigenvalue weighted by Gasteiger charge is 2.19. The van der Waals surface area contributed by atoms with Gasteiger partial charge >= 0.3 is 0 Å². The molecule has 0 aliphatic carbocycles. The van der Waals surface area contributed by atoms with Gasteiger partial charge in [-0.25, -0.2) is 9.67 Å². The maximum atomic E-state index is 5.58. The van der Waals surface area contributed by atoms with Crippen LogP contribution in [0.2, 0.25) is 0 Å². The van der Waals surface area contributed by atoms with Crippen molar-refractivity contribution in [3.63, 3.8) is 0 Å². The van der Waals surface area contributed by atoms with E-state index in [-0.39, 0.29) is 0 Å². The minimum atomic E-state index is 0.699. The summed E-state index contributed by atoms with van der Waals surface area (Å²) in [5, 5.41) is 7.83. The van der Waals surface area contributed by atoms with Crippen LogP contribution in [0.15, 0.2) is 42.3 Å². The second-order valence-corrected chi connectivity index (χ2v) is 8.86. The van der Waals surface area contributed by atoms with Crippen molar-refractivity contribution in [2.45, 2.75) is 26.7 Å². The molecule has 0 bridgehead atoms. The monoisotopic (exact) mass is 456 g/mol. The van der Waals surface area contributed by atoms with E-state index in [9.17, 15) is 0 Å². The maximum absolute atomic E-state index is 5.58. The average molecular weight is 457 g/mol. The van der Waals surface area contributed by atoms with E-state index in [1.807, 2.05) is 34.4 Å². The highest BCUT2D eigenvalue weighted by atomic mass is 32.1. The lowest BCUT2D eigenvalue weighted by Crippen LogP contribution is -2.46. The lowest BCUT2D eigenvalue weighted by atomic mass is 10.2. The van der Waals surface area contributed by atoms with Crippen molar-refractivity contribution in [3.8, 4) is 16.3 Å². The van der Waals surface area contributed by atoms with Crippen molar-refractivity contribution >= 4 is 23.6 Å². The van der Waals surface area contributed by atoms with Crippen LogP contribution in [0, 0.1) is 11.7 Å². The summed E-state index contributed by atoms with van der Waals surface area (Å²) in [6.07, 6.45) is 1.85. The van der Waals surface area contributed by atoms with Gasteiger partial charge in [0.1, 0.15) is 16.6 Å². The molecule has 0 amide bonds. The lowest BCUT2D eigenvalue weighted by molar-refractivity contribution is 0.0973. The molecule has 3 aromatic rings. The molecular weight excluding hydrogens is 428 g/mol. The third-order valence-electron chi connectivity index (χ3n) is 5.49. The highest BCUT2D eigenvalue weighted by Crippen LogP contribution is 2.26. The Balaban J connectivity index is 1.31. The fourth-order valence-corrected chi connectivity index (χ4v) is 4.86. The highest BCUT2D eigenvalue weighted by molar-refractivity contribution is 7.71. The van der Waals surface area contributed by atoms with Crippen LogP contribution in [-0.2, 0) is 19.8 Å². The fourth-order valence-electron chi connectivity index (χ4n) is 3.73. The minimum Gasteiger partial charge on any atom is -0.497 e. The minimum absolute atomic E-state index is 0.699. The molecule has 1 fully saturated rings. The molecule has 0 unspecified atom stereocenters. The van der Waals surface area contributed by atoms with Gasteiger partial charge in [0, 0.05) is 50.2 Å². The molecule has 1 aliphatic heterocycles. The van der Waals surface area contributed by atoms with Gasteiger partial charge < -0.3 is 9.30 Å². The van der Waals surface area contributed by atoms with Crippen molar-refractivity contribution in [1.29, 1.82) is 0 Å². The third kappa shape index (κ3) is 5.12. The molecule has 7 nitrogen and oxygen atoms in total. The Morgan fingerprint density at radius 2 is 1.87 bits per heavy atom. The second-order valence-electron chi connectivity index (χ2n) is 7.64. The van der Waals surface area contributed by atoms with E-state index in [2.05, 4.69) is 39.0 Å². The number of aromatic nitrogens is 4. The predicted octanol–water partition coefficient (Wildman–Crippen LogP) is 3.82. The standard InChI is InChI=1S/C22H28N6OS2/c1-4-9-27-17(2)24-28(22(27)30)16-26-12-10-25(11-13-26)14-19-15-31-21(23-19)18-5-7-20(29-3)8-6-18/h4-8,15H,1,9-14,16H2,2-3H3. The van der Waals surface area contributed by atoms with Crippen molar-refractivity contribution in [2.75, 3.05) is 33.3 Å². The SMILES string of the molecule is C=CCn1c(C)nn(CN2CCN(Cc3csc(-c4ccc(OC)cc4)n3)CC2)c1=S. The van der Waals surface area contributed by atoms with Crippen LogP contribution in [0.4, 0.5) is 0 Å². The zero-order valence-electron chi connectivity index (χ0n) is 18.0. The molecule has 9 heteroatoms. The molecule has 0 atom stereocenters. The van der Waals surface area contributed by atoms with Gasteiger partial charge in [0.2, 0.25) is 0 Å². The van der Waals surface area contributed by atoms with Crippen LogP contribution in [0.1, 0.15) is 11.5 Å². The molecule has 0 saturated carbocycles. The van der Waals surface area contributed by atoms with Crippen LogP contribution in [0.5, 0.6) is 5.75 Å². The molecule has 0 radical (unpaired) electrons. The number of rotatable bonds is 8. The number of nitrogens with zero attached hydrogens (tertiary/aromatic N) is 6. The van der Waals surface area contributed by atoms with Crippen LogP contribution in [0.25, 0.3) is 10.6 Å². The third-order valence-corrected chi connectivity index (χ3v) is 6.86. The largest absolute Gasteiger partial charge is 0.497 e.